The molecule has 3 rings (SSSR count). The maximum absolute atomic E-state index is 12.4. The van der Waals surface area contributed by atoms with E-state index in [2.05, 4.69) is 15.8 Å². The Hall–Kier alpha value is -4.22. The van der Waals surface area contributed by atoms with Gasteiger partial charge in [0.2, 0.25) is 5.91 Å². The van der Waals surface area contributed by atoms with Gasteiger partial charge in [-0.1, -0.05) is 50.2 Å². The van der Waals surface area contributed by atoms with Crippen LogP contribution in [-0.2, 0) is 11.3 Å². The van der Waals surface area contributed by atoms with E-state index in [1.165, 1.54) is 18.2 Å². The number of nitrogens with one attached hydrogen (secondary N) is 2. The molecule has 0 aliphatic heterocycles. The molecule has 0 bridgehead atoms. The smallest absolute Gasteiger partial charge is 0.271 e. The Kier molecular flexibility index (Phi) is 7.96. The van der Waals surface area contributed by atoms with Gasteiger partial charge in [0.05, 0.1) is 17.8 Å². The van der Waals surface area contributed by atoms with E-state index in [-0.39, 0.29) is 22.8 Å². The van der Waals surface area contributed by atoms with Crippen LogP contribution in [0.2, 0.25) is 0 Å². The van der Waals surface area contributed by atoms with Gasteiger partial charge in [-0.3, -0.25) is 9.59 Å². The number of fused-ring (bicyclic) bond motifs is 1. The normalized spacial score (nSPS) is 12.1. The molecule has 0 aromatic heterocycles. The predicted octanol–water partition coefficient (Wildman–Crippen LogP) is 3.17. The quantitative estimate of drug-likeness (QED) is 0.289. The average molecular weight is 458 g/mol. The second kappa shape index (κ2) is 11.1. The fourth-order valence-corrected chi connectivity index (χ4v) is 3.65. The standard InChI is InChI=1S/C26H27N5O3/c1-16(2)11-23(25(28)33)29-14-18-7-8-19(22-6-4-3-5-21(18)22)15-30-31-26(34)17-9-10-24(32)20(12-17)13-27/h3-10,12,15-16,23,29,32H,11,14H2,1-2H3,(H2,28,33)(H,31,34)/b30-15+. The van der Waals surface area contributed by atoms with Crippen molar-refractivity contribution >= 4 is 28.8 Å². The first-order chi connectivity index (χ1) is 16.3. The van der Waals surface area contributed by atoms with Crippen LogP contribution in [0.4, 0.5) is 0 Å². The molecule has 0 spiro atoms. The lowest BCUT2D eigenvalue weighted by Crippen LogP contribution is -2.41. The van der Waals surface area contributed by atoms with Crippen molar-refractivity contribution in [3.05, 3.63) is 76.9 Å². The Morgan fingerprint density at radius 3 is 2.56 bits per heavy atom. The van der Waals surface area contributed by atoms with E-state index in [9.17, 15) is 14.7 Å². The van der Waals surface area contributed by atoms with E-state index in [4.69, 9.17) is 11.0 Å². The number of nitrogens with zero attached hydrogens (tertiary/aromatic N) is 2. The van der Waals surface area contributed by atoms with Gasteiger partial charge in [0.1, 0.15) is 11.8 Å². The molecule has 0 heterocycles. The summed E-state index contributed by atoms with van der Waals surface area (Å²) in [6.07, 6.45) is 2.21. The highest BCUT2D eigenvalue weighted by Crippen LogP contribution is 2.22. The van der Waals surface area contributed by atoms with E-state index < -0.39 is 11.9 Å². The third-order valence-corrected chi connectivity index (χ3v) is 5.39. The molecule has 5 N–H and O–H groups in total. The van der Waals surface area contributed by atoms with E-state index in [0.717, 1.165) is 21.9 Å². The lowest BCUT2D eigenvalue weighted by Gasteiger charge is -2.18. The fraction of sp³-hybridized carbons (Fsp3) is 0.231. The molecular formula is C26H27N5O3. The van der Waals surface area contributed by atoms with E-state index in [1.807, 2.05) is 56.3 Å². The van der Waals surface area contributed by atoms with Crippen molar-refractivity contribution in [1.82, 2.24) is 10.7 Å². The van der Waals surface area contributed by atoms with Crippen LogP contribution in [0.5, 0.6) is 5.75 Å². The van der Waals surface area contributed by atoms with E-state index in [0.29, 0.717) is 18.9 Å². The third-order valence-electron chi connectivity index (χ3n) is 5.39. The number of hydrogen-bond donors (Lipinski definition) is 4. The summed E-state index contributed by atoms with van der Waals surface area (Å²) >= 11 is 0. The second-order valence-corrected chi connectivity index (χ2v) is 8.37. The number of carbonyl (C=O) groups excluding carboxylic acids is 2. The molecule has 8 heteroatoms. The molecule has 0 saturated heterocycles. The van der Waals surface area contributed by atoms with Gasteiger partial charge in [-0.25, -0.2) is 5.43 Å². The number of benzene rings is 3. The van der Waals surface area contributed by atoms with Gasteiger partial charge in [-0.15, -0.1) is 0 Å². The molecule has 0 saturated carbocycles. The van der Waals surface area contributed by atoms with Crippen LogP contribution >= 0.6 is 0 Å². The monoisotopic (exact) mass is 457 g/mol. The van der Waals surface area contributed by atoms with E-state index in [1.54, 1.807) is 6.21 Å². The molecule has 0 fully saturated rings. The summed E-state index contributed by atoms with van der Waals surface area (Å²) in [4.78, 5) is 24.1. The number of carbonyl (C=O) groups is 2. The zero-order valence-corrected chi connectivity index (χ0v) is 19.1. The number of aromatic hydroxyl groups is 1. The van der Waals surface area contributed by atoms with Gasteiger partial charge in [0, 0.05) is 17.7 Å². The molecule has 3 aromatic rings. The number of nitriles is 1. The van der Waals surface area contributed by atoms with E-state index >= 15 is 0 Å². The average Bonchev–Trinajstić information content (AvgIpc) is 2.82. The number of phenols is 1. The van der Waals surface area contributed by atoms with Crippen LogP contribution in [0.1, 0.15) is 47.3 Å². The summed E-state index contributed by atoms with van der Waals surface area (Å²) in [5.74, 6) is -0.716. The predicted molar refractivity (Wildman–Crippen MR) is 131 cm³/mol. The van der Waals surface area contributed by atoms with Gasteiger partial charge >= 0.3 is 0 Å². The first-order valence-corrected chi connectivity index (χ1v) is 10.9. The lowest BCUT2D eigenvalue weighted by atomic mass is 9.99. The molecule has 34 heavy (non-hydrogen) atoms. The third kappa shape index (κ3) is 5.97. The molecule has 3 aromatic carbocycles. The fourth-order valence-electron chi connectivity index (χ4n) is 3.65. The van der Waals surface area contributed by atoms with Gasteiger partial charge in [0.25, 0.3) is 5.91 Å². The van der Waals surface area contributed by atoms with Crippen LogP contribution in [-0.4, -0.2) is 29.2 Å². The SMILES string of the molecule is CC(C)CC(NCc1ccc(/C=N/NC(=O)c2ccc(O)c(C#N)c2)c2ccccc12)C(N)=O. The van der Waals surface area contributed by atoms with Gasteiger partial charge < -0.3 is 16.2 Å². The zero-order valence-electron chi connectivity index (χ0n) is 19.1. The summed E-state index contributed by atoms with van der Waals surface area (Å²) in [5, 5.41) is 27.9. The van der Waals surface area contributed by atoms with Crippen molar-refractivity contribution in [2.24, 2.45) is 16.8 Å². The van der Waals surface area contributed by atoms with Crippen LogP contribution in [0.15, 0.2) is 59.7 Å². The highest BCUT2D eigenvalue weighted by Gasteiger charge is 2.17. The summed E-state index contributed by atoms with van der Waals surface area (Å²) in [5.41, 5.74) is 10.0. The maximum Gasteiger partial charge on any atom is 0.271 e. The molecule has 174 valence electrons. The van der Waals surface area contributed by atoms with Crippen molar-refractivity contribution < 1.29 is 14.7 Å². The minimum atomic E-state index is -0.500. The molecule has 1 unspecified atom stereocenters. The second-order valence-electron chi connectivity index (χ2n) is 8.37. The molecule has 8 nitrogen and oxygen atoms in total. The molecule has 0 radical (unpaired) electrons. The molecule has 1 atom stereocenters. The number of rotatable bonds is 9. The van der Waals surface area contributed by atoms with Crippen LogP contribution < -0.4 is 16.5 Å². The van der Waals surface area contributed by atoms with Gasteiger partial charge in [0.15, 0.2) is 0 Å². The lowest BCUT2D eigenvalue weighted by molar-refractivity contribution is -0.120. The zero-order chi connectivity index (χ0) is 24.7. The summed E-state index contributed by atoms with van der Waals surface area (Å²) in [6.45, 7) is 4.57. The van der Waals surface area contributed by atoms with Crippen molar-refractivity contribution in [3.8, 4) is 11.8 Å². The highest BCUT2D eigenvalue weighted by molar-refractivity contribution is 6.02. The molecular weight excluding hydrogens is 430 g/mol. The Balaban J connectivity index is 1.77. The number of hydrogen-bond acceptors (Lipinski definition) is 6. The number of nitrogens with two attached hydrogens (primary N) is 1. The number of primary amides is 1. The van der Waals surface area contributed by atoms with Crippen molar-refractivity contribution in [2.75, 3.05) is 0 Å². The van der Waals surface area contributed by atoms with Crippen molar-refractivity contribution in [2.45, 2.75) is 32.9 Å². The molecule has 0 aliphatic rings. The van der Waals surface area contributed by atoms with Gasteiger partial charge in [-0.05, 0) is 46.9 Å². The first-order valence-electron chi connectivity index (χ1n) is 10.9. The van der Waals surface area contributed by atoms with Crippen LogP contribution in [0.25, 0.3) is 10.8 Å². The largest absolute Gasteiger partial charge is 0.507 e. The molecule has 2 amide bonds. The minimum absolute atomic E-state index is 0.0128. The number of amides is 2. The van der Waals surface area contributed by atoms with Gasteiger partial charge in [-0.2, -0.15) is 10.4 Å². The summed E-state index contributed by atoms with van der Waals surface area (Å²) in [6, 6.07) is 17.1. The number of hydrazone groups is 1. The summed E-state index contributed by atoms with van der Waals surface area (Å²) < 4.78 is 0. The van der Waals surface area contributed by atoms with Crippen molar-refractivity contribution in [3.63, 3.8) is 0 Å². The number of phenolic OH excluding ortho intramolecular Hbond substituents is 1. The molecule has 0 aliphatic carbocycles. The Labute approximate surface area is 198 Å². The van der Waals surface area contributed by atoms with Crippen molar-refractivity contribution in [1.29, 1.82) is 5.26 Å². The Bertz CT molecular complexity index is 1280. The summed E-state index contributed by atoms with van der Waals surface area (Å²) in [7, 11) is 0. The van der Waals surface area contributed by atoms with Crippen LogP contribution in [0, 0.1) is 17.2 Å². The Morgan fingerprint density at radius 1 is 1.15 bits per heavy atom. The first kappa shape index (κ1) is 24.4. The van der Waals surface area contributed by atoms with Crippen LogP contribution in [0.3, 0.4) is 0 Å². The Morgan fingerprint density at radius 2 is 1.88 bits per heavy atom. The highest BCUT2D eigenvalue weighted by atomic mass is 16.3. The minimum Gasteiger partial charge on any atom is -0.507 e. The topological polar surface area (TPSA) is 141 Å². The maximum atomic E-state index is 12.4.